The Morgan fingerprint density at radius 2 is 1.62 bits per heavy atom. The molecule has 0 aliphatic carbocycles. The molecule has 2 N–H and O–H groups in total. The zero-order valence-electron chi connectivity index (χ0n) is 10.0. The second-order valence-corrected chi connectivity index (χ2v) is 3.66. The van der Waals surface area contributed by atoms with E-state index < -0.39 is 0 Å². The Kier molecular flexibility index (Phi) is 7.47. The molecule has 0 saturated carbocycles. The fourth-order valence-corrected chi connectivity index (χ4v) is 1.36. The smallest absolute Gasteiger partial charge is 0.119 e. The number of hydrogen-bond acceptors (Lipinski definition) is 3. The van der Waals surface area contributed by atoms with E-state index in [-0.39, 0.29) is 0 Å². The van der Waals surface area contributed by atoms with Gasteiger partial charge in [0.15, 0.2) is 0 Å². The first kappa shape index (κ1) is 13.0. The summed E-state index contributed by atoms with van der Waals surface area (Å²) in [5.74, 6) is 0.938. The van der Waals surface area contributed by atoms with E-state index in [1.165, 1.54) is 6.42 Å². The summed E-state index contributed by atoms with van der Waals surface area (Å²) >= 11 is 0. The Morgan fingerprint density at radius 3 is 2.31 bits per heavy atom. The van der Waals surface area contributed by atoms with Crippen LogP contribution >= 0.6 is 0 Å². The van der Waals surface area contributed by atoms with Gasteiger partial charge in [-0.1, -0.05) is 25.1 Å². The third-order valence-electron chi connectivity index (χ3n) is 2.20. The van der Waals surface area contributed by atoms with Crippen molar-refractivity contribution in [3.05, 3.63) is 30.3 Å². The lowest BCUT2D eigenvalue weighted by molar-refractivity contribution is 0.314. The molecule has 3 nitrogen and oxygen atoms in total. The summed E-state index contributed by atoms with van der Waals surface area (Å²) in [4.78, 5) is 0. The van der Waals surface area contributed by atoms with Gasteiger partial charge in [-0.25, -0.2) is 0 Å². The SMILES string of the molecule is CCCNCCNCCOc1ccccc1. The first-order chi connectivity index (χ1) is 7.93. The maximum Gasteiger partial charge on any atom is 0.119 e. The average Bonchev–Trinajstić information content (AvgIpc) is 2.34. The largest absolute Gasteiger partial charge is 0.492 e. The van der Waals surface area contributed by atoms with Gasteiger partial charge in [0.25, 0.3) is 0 Å². The molecule has 0 unspecified atom stereocenters. The monoisotopic (exact) mass is 222 g/mol. The molecule has 90 valence electrons. The molecule has 0 radical (unpaired) electrons. The summed E-state index contributed by atoms with van der Waals surface area (Å²) in [6.45, 7) is 6.91. The van der Waals surface area contributed by atoms with Crippen LogP contribution in [0.15, 0.2) is 30.3 Å². The van der Waals surface area contributed by atoms with Crippen LogP contribution in [0.3, 0.4) is 0 Å². The van der Waals surface area contributed by atoms with Gasteiger partial charge in [-0.15, -0.1) is 0 Å². The second-order valence-electron chi connectivity index (χ2n) is 3.66. The predicted octanol–water partition coefficient (Wildman–Crippen LogP) is 1.65. The quantitative estimate of drug-likeness (QED) is 0.623. The van der Waals surface area contributed by atoms with Crippen molar-refractivity contribution in [2.75, 3.05) is 32.8 Å². The van der Waals surface area contributed by atoms with Crippen LogP contribution in [0, 0.1) is 0 Å². The molecule has 0 atom stereocenters. The summed E-state index contributed by atoms with van der Waals surface area (Å²) in [6, 6.07) is 9.91. The lowest BCUT2D eigenvalue weighted by Gasteiger charge is -2.07. The van der Waals surface area contributed by atoms with Gasteiger partial charge in [-0.05, 0) is 25.1 Å². The predicted molar refractivity (Wildman–Crippen MR) is 68.0 cm³/mol. The van der Waals surface area contributed by atoms with Crippen molar-refractivity contribution in [1.29, 1.82) is 0 Å². The molecule has 0 aliphatic rings. The second kappa shape index (κ2) is 9.19. The minimum atomic E-state index is 0.720. The van der Waals surface area contributed by atoms with Crippen LogP contribution in [0.5, 0.6) is 5.75 Å². The number of rotatable bonds is 9. The Labute approximate surface area is 98.2 Å². The van der Waals surface area contributed by atoms with E-state index in [1.807, 2.05) is 30.3 Å². The molecule has 0 bridgehead atoms. The molecule has 1 aromatic rings. The van der Waals surface area contributed by atoms with Crippen molar-refractivity contribution < 1.29 is 4.74 Å². The highest BCUT2D eigenvalue weighted by molar-refractivity contribution is 5.20. The van der Waals surface area contributed by atoms with Crippen molar-refractivity contribution in [1.82, 2.24) is 10.6 Å². The van der Waals surface area contributed by atoms with E-state index >= 15 is 0 Å². The van der Waals surface area contributed by atoms with E-state index in [0.29, 0.717) is 0 Å². The van der Waals surface area contributed by atoms with E-state index in [1.54, 1.807) is 0 Å². The van der Waals surface area contributed by atoms with Crippen LogP contribution in [0.4, 0.5) is 0 Å². The number of benzene rings is 1. The Hall–Kier alpha value is -1.06. The van der Waals surface area contributed by atoms with Crippen LogP contribution in [0.25, 0.3) is 0 Å². The maximum absolute atomic E-state index is 5.55. The van der Waals surface area contributed by atoms with Crippen molar-refractivity contribution in [2.45, 2.75) is 13.3 Å². The van der Waals surface area contributed by atoms with Crippen molar-refractivity contribution in [3.8, 4) is 5.75 Å². The number of nitrogens with one attached hydrogen (secondary N) is 2. The van der Waals surface area contributed by atoms with Crippen LogP contribution in [0.1, 0.15) is 13.3 Å². The molecule has 0 saturated heterocycles. The first-order valence-electron chi connectivity index (χ1n) is 6.02. The van der Waals surface area contributed by atoms with Gasteiger partial charge >= 0.3 is 0 Å². The molecule has 1 aromatic carbocycles. The van der Waals surface area contributed by atoms with Gasteiger partial charge in [0.1, 0.15) is 12.4 Å². The maximum atomic E-state index is 5.55. The van der Waals surface area contributed by atoms with Gasteiger partial charge in [0.05, 0.1) is 0 Å². The highest BCUT2D eigenvalue weighted by atomic mass is 16.5. The highest BCUT2D eigenvalue weighted by Crippen LogP contribution is 2.07. The van der Waals surface area contributed by atoms with Crippen molar-refractivity contribution in [3.63, 3.8) is 0 Å². The van der Waals surface area contributed by atoms with Crippen molar-refractivity contribution in [2.24, 2.45) is 0 Å². The zero-order valence-corrected chi connectivity index (χ0v) is 10.0. The summed E-state index contributed by atoms with van der Waals surface area (Å²) in [6.07, 6.45) is 1.19. The van der Waals surface area contributed by atoms with Crippen molar-refractivity contribution >= 4 is 0 Å². The van der Waals surface area contributed by atoms with Gasteiger partial charge in [0, 0.05) is 19.6 Å². The van der Waals surface area contributed by atoms with E-state index in [2.05, 4.69) is 17.6 Å². The molecule has 16 heavy (non-hydrogen) atoms. The first-order valence-corrected chi connectivity index (χ1v) is 6.02. The third-order valence-corrected chi connectivity index (χ3v) is 2.20. The van der Waals surface area contributed by atoms with Gasteiger partial charge in [0.2, 0.25) is 0 Å². The topological polar surface area (TPSA) is 33.3 Å². The van der Waals surface area contributed by atoms with Gasteiger partial charge in [-0.2, -0.15) is 0 Å². The molecule has 0 aromatic heterocycles. The lowest BCUT2D eigenvalue weighted by Crippen LogP contribution is -2.30. The highest BCUT2D eigenvalue weighted by Gasteiger charge is 1.91. The van der Waals surface area contributed by atoms with E-state index in [4.69, 9.17) is 4.74 Å². The van der Waals surface area contributed by atoms with E-state index in [0.717, 1.165) is 38.5 Å². The van der Waals surface area contributed by atoms with E-state index in [9.17, 15) is 0 Å². The van der Waals surface area contributed by atoms with Crippen LogP contribution in [-0.4, -0.2) is 32.8 Å². The standard InChI is InChI=1S/C13H22N2O/c1-2-8-14-9-10-15-11-12-16-13-6-4-3-5-7-13/h3-7,14-15H,2,8-12H2,1H3. The average molecular weight is 222 g/mol. The molecule has 1 rings (SSSR count). The molecular formula is C13H22N2O. The lowest BCUT2D eigenvalue weighted by atomic mass is 10.3. The Morgan fingerprint density at radius 1 is 0.938 bits per heavy atom. The summed E-state index contributed by atoms with van der Waals surface area (Å²) < 4.78 is 5.55. The molecule has 0 spiro atoms. The molecular weight excluding hydrogens is 200 g/mol. The van der Waals surface area contributed by atoms with Crippen LogP contribution in [0.2, 0.25) is 0 Å². The molecule has 0 fully saturated rings. The minimum absolute atomic E-state index is 0.720. The third kappa shape index (κ3) is 6.43. The summed E-state index contributed by atoms with van der Waals surface area (Å²) in [7, 11) is 0. The number of ether oxygens (including phenoxy) is 1. The fraction of sp³-hybridized carbons (Fsp3) is 0.538. The zero-order chi connectivity index (χ0) is 11.5. The van der Waals surface area contributed by atoms with Gasteiger partial charge in [-0.3, -0.25) is 0 Å². The number of hydrogen-bond donors (Lipinski definition) is 2. The summed E-state index contributed by atoms with van der Waals surface area (Å²) in [5, 5.41) is 6.67. The Balaban J connectivity index is 1.89. The molecule has 3 heteroatoms. The molecule has 0 aliphatic heterocycles. The fourth-order valence-electron chi connectivity index (χ4n) is 1.36. The Bertz CT molecular complexity index is 251. The minimum Gasteiger partial charge on any atom is -0.492 e. The number of para-hydroxylation sites is 1. The molecule has 0 amide bonds. The summed E-state index contributed by atoms with van der Waals surface area (Å²) in [5.41, 5.74) is 0. The molecule has 0 heterocycles. The van der Waals surface area contributed by atoms with Crippen LogP contribution in [-0.2, 0) is 0 Å². The normalized spacial score (nSPS) is 10.3. The van der Waals surface area contributed by atoms with Gasteiger partial charge < -0.3 is 15.4 Å². The van der Waals surface area contributed by atoms with Crippen LogP contribution < -0.4 is 15.4 Å².